The molecule has 0 saturated carbocycles. The van der Waals surface area contributed by atoms with E-state index in [1.54, 1.807) is 11.3 Å². The summed E-state index contributed by atoms with van der Waals surface area (Å²) in [5.74, 6) is 1.37. The Morgan fingerprint density at radius 3 is 2.66 bits per heavy atom. The standard InChI is InChI=1S/C20H25N5O2S2/c1-5-27-20(26)16-12(2)15-17(22-14(4)23-19(15)29-16)25-9-7-24(8-10-25)13(3)18-21-6-11-28-18/h6,11,13H,5,7-10H2,1-4H3. The molecule has 3 aromatic heterocycles. The van der Waals surface area contributed by atoms with Gasteiger partial charge in [-0.3, -0.25) is 4.90 Å². The zero-order chi connectivity index (χ0) is 20.5. The third kappa shape index (κ3) is 3.86. The monoisotopic (exact) mass is 431 g/mol. The number of ether oxygens (including phenoxy) is 1. The third-order valence-electron chi connectivity index (χ3n) is 5.31. The van der Waals surface area contributed by atoms with Gasteiger partial charge in [0.05, 0.1) is 18.0 Å². The Hall–Kier alpha value is -2.10. The van der Waals surface area contributed by atoms with Crippen LogP contribution < -0.4 is 4.90 Å². The van der Waals surface area contributed by atoms with E-state index in [1.807, 2.05) is 32.3 Å². The number of hydrogen-bond donors (Lipinski definition) is 0. The highest BCUT2D eigenvalue weighted by molar-refractivity contribution is 7.20. The zero-order valence-corrected chi connectivity index (χ0v) is 18.8. The second-order valence-corrected chi connectivity index (χ2v) is 9.05. The lowest BCUT2D eigenvalue weighted by molar-refractivity contribution is 0.0531. The molecule has 0 N–H and O–H groups in total. The van der Waals surface area contributed by atoms with E-state index in [1.165, 1.54) is 11.3 Å². The minimum absolute atomic E-state index is 0.279. The number of nitrogens with zero attached hydrogens (tertiary/aromatic N) is 5. The smallest absolute Gasteiger partial charge is 0.348 e. The molecule has 1 unspecified atom stereocenters. The lowest BCUT2D eigenvalue weighted by Crippen LogP contribution is -2.47. The topological polar surface area (TPSA) is 71.5 Å². The number of carbonyl (C=O) groups excluding carboxylic acids is 1. The summed E-state index contributed by atoms with van der Waals surface area (Å²) in [6.07, 6.45) is 1.87. The summed E-state index contributed by atoms with van der Waals surface area (Å²) >= 11 is 3.11. The van der Waals surface area contributed by atoms with Gasteiger partial charge >= 0.3 is 5.97 Å². The van der Waals surface area contributed by atoms with Crippen LogP contribution in [0.15, 0.2) is 11.6 Å². The number of esters is 1. The molecular weight excluding hydrogens is 406 g/mol. The molecule has 1 aliphatic heterocycles. The Bertz CT molecular complexity index is 1010. The number of rotatable bonds is 5. The van der Waals surface area contributed by atoms with Crippen molar-refractivity contribution in [3.63, 3.8) is 0 Å². The number of thiophene rings is 1. The van der Waals surface area contributed by atoms with Crippen molar-refractivity contribution in [3.05, 3.63) is 32.8 Å². The van der Waals surface area contributed by atoms with Crippen LogP contribution in [0.5, 0.6) is 0 Å². The lowest BCUT2D eigenvalue weighted by Gasteiger charge is -2.38. The van der Waals surface area contributed by atoms with E-state index in [2.05, 4.69) is 26.7 Å². The van der Waals surface area contributed by atoms with Crippen LogP contribution >= 0.6 is 22.7 Å². The summed E-state index contributed by atoms with van der Waals surface area (Å²) < 4.78 is 5.23. The van der Waals surface area contributed by atoms with Crippen LogP contribution in [0.4, 0.5) is 5.82 Å². The van der Waals surface area contributed by atoms with Gasteiger partial charge in [0.25, 0.3) is 0 Å². The summed E-state index contributed by atoms with van der Waals surface area (Å²) in [5, 5.41) is 4.17. The van der Waals surface area contributed by atoms with Gasteiger partial charge in [0.15, 0.2) is 0 Å². The first-order valence-electron chi connectivity index (χ1n) is 9.82. The van der Waals surface area contributed by atoms with Crippen molar-refractivity contribution in [1.82, 2.24) is 19.9 Å². The number of aromatic nitrogens is 3. The first-order valence-corrected chi connectivity index (χ1v) is 11.5. The molecule has 1 saturated heterocycles. The van der Waals surface area contributed by atoms with E-state index in [0.717, 1.165) is 58.6 Å². The Morgan fingerprint density at radius 1 is 1.24 bits per heavy atom. The van der Waals surface area contributed by atoms with Crippen LogP contribution in [0.1, 0.15) is 46.0 Å². The lowest BCUT2D eigenvalue weighted by atomic mass is 10.1. The van der Waals surface area contributed by atoms with E-state index < -0.39 is 0 Å². The van der Waals surface area contributed by atoms with Crippen LogP contribution in [-0.4, -0.2) is 58.6 Å². The van der Waals surface area contributed by atoms with Gasteiger partial charge in [0.2, 0.25) is 0 Å². The average Bonchev–Trinajstić information content (AvgIpc) is 3.36. The van der Waals surface area contributed by atoms with Crippen molar-refractivity contribution >= 4 is 44.7 Å². The third-order valence-corrected chi connectivity index (χ3v) is 7.43. The predicted molar refractivity (Wildman–Crippen MR) is 117 cm³/mol. The summed E-state index contributed by atoms with van der Waals surface area (Å²) in [5.41, 5.74) is 0.914. The van der Waals surface area contributed by atoms with Crippen molar-refractivity contribution in [2.24, 2.45) is 0 Å². The van der Waals surface area contributed by atoms with Gasteiger partial charge in [-0.2, -0.15) is 0 Å². The van der Waals surface area contributed by atoms with Gasteiger partial charge in [-0.15, -0.1) is 22.7 Å². The van der Waals surface area contributed by atoms with Crippen molar-refractivity contribution in [1.29, 1.82) is 0 Å². The van der Waals surface area contributed by atoms with Crippen molar-refractivity contribution in [3.8, 4) is 0 Å². The fraction of sp³-hybridized carbons (Fsp3) is 0.500. The number of fused-ring (bicyclic) bond motifs is 1. The number of hydrogen-bond acceptors (Lipinski definition) is 9. The molecule has 9 heteroatoms. The maximum absolute atomic E-state index is 12.4. The van der Waals surface area contributed by atoms with Crippen LogP contribution in [0.2, 0.25) is 0 Å². The normalized spacial score (nSPS) is 16.3. The number of aryl methyl sites for hydroxylation is 2. The van der Waals surface area contributed by atoms with Gasteiger partial charge in [-0.05, 0) is 33.3 Å². The Balaban J connectivity index is 1.60. The molecule has 0 aromatic carbocycles. The predicted octanol–water partition coefficient (Wildman–Crippen LogP) is 3.82. The SMILES string of the molecule is CCOC(=O)c1sc2nc(C)nc(N3CCN(C(C)c4nccs4)CC3)c2c1C. The highest BCUT2D eigenvalue weighted by Crippen LogP contribution is 2.36. The summed E-state index contributed by atoms with van der Waals surface area (Å²) in [6.45, 7) is 11.9. The minimum atomic E-state index is -0.279. The van der Waals surface area contributed by atoms with Crippen LogP contribution in [0.3, 0.4) is 0 Å². The first-order chi connectivity index (χ1) is 14.0. The summed E-state index contributed by atoms with van der Waals surface area (Å²) in [7, 11) is 0. The quantitative estimate of drug-likeness (QED) is 0.569. The van der Waals surface area contributed by atoms with Gasteiger partial charge in [-0.25, -0.2) is 19.7 Å². The minimum Gasteiger partial charge on any atom is -0.462 e. The molecule has 1 fully saturated rings. The molecule has 3 aromatic rings. The molecule has 154 valence electrons. The largest absolute Gasteiger partial charge is 0.462 e. The highest BCUT2D eigenvalue weighted by atomic mass is 32.1. The molecule has 29 heavy (non-hydrogen) atoms. The molecular formula is C20H25N5O2S2. The van der Waals surface area contributed by atoms with E-state index in [0.29, 0.717) is 17.5 Å². The van der Waals surface area contributed by atoms with E-state index in [9.17, 15) is 4.79 Å². The second-order valence-electron chi connectivity index (χ2n) is 7.12. The van der Waals surface area contributed by atoms with E-state index in [-0.39, 0.29) is 5.97 Å². The fourth-order valence-corrected chi connectivity index (χ4v) is 5.60. The van der Waals surface area contributed by atoms with E-state index in [4.69, 9.17) is 9.72 Å². The maximum atomic E-state index is 12.4. The second kappa shape index (κ2) is 8.33. The molecule has 0 bridgehead atoms. The number of piperazine rings is 1. The molecule has 1 atom stereocenters. The molecule has 0 spiro atoms. The van der Waals surface area contributed by atoms with Crippen LogP contribution in [0.25, 0.3) is 10.2 Å². The number of thiazole rings is 1. The molecule has 0 amide bonds. The van der Waals surface area contributed by atoms with E-state index >= 15 is 0 Å². The highest BCUT2D eigenvalue weighted by Gasteiger charge is 2.27. The summed E-state index contributed by atoms with van der Waals surface area (Å²) in [4.78, 5) is 32.4. The van der Waals surface area contributed by atoms with Gasteiger partial charge < -0.3 is 9.64 Å². The van der Waals surface area contributed by atoms with Crippen LogP contribution in [0, 0.1) is 13.8 Å². The number of anilines is 1. The van der Waals surface area contributed by atoms with Crippen molar-refractivity contribution in [2.45, 2.75) is 33.7 Å². The van der Waals surface area contributed by atoms with Crippen molar-refractivity contribution in [2.75, 3.05) is 37.7 Å². The van der Waals surface area contributed by atoms with Gasteiger partial charge in [0, 0.05) is 37.8 Å². The average molecular weight is 432 g/mol. The zero-order valence-electron chi connectivity index (χ0n) is 17.1. The number of carbonyl (C=O) groups is 1. The fourth-order valence-electron chi connectivity index (χ4n) is 3.76. The molecule has 1 aliphatic rings. The van der Waals surface area contributed by atoms with Gasteiger partial charge in [0.1, 0.15) is 26.4 Å². The molecule has 4 heterocycles. The molecule has 0 radical (unpaired) electrons. The molecule has 4 rings (SSSR count). The molecule has 0 aliphatic carbocycles. The van der Waals surface area contributed by atoms with Crippen molar-refractivity contribution < 1.29 is 9.53 Å². The molecule has 7 nitrogen and oxygen atoms in total. The maximum Gasteiger partial charge on any atom is 0.348 e. The van der Waals surface area contributed by atoms with Crippen LogP contribution in [-0.2, 0) is 4.74 Å². The summed E-state index contributed by atoms with van der Waals surface area (Å²) in [6, 6.07) is 0.322. The first kappa shape index (κ1) is 20.2. The Morgan fingerprint density at radius 2 is 2.00 bits per heavy atom. The Kier molecular flexibility index (Phi) is 5.80. The Labute approximate surface area is 178 Å². The van der Waals surface area contributed by atoms with Gasteiger partial charge in [-0.1, -0.05) is 0 Å².